The molecule has 1 aliphatic rings. The van der Waals surface area contributed by atoms with Gasteiger partial charge in [0.25, 0.3) is 0 Å². The van der Waals surface area contributed by atoms with Crippen molar-refractivity contribution in [2.45, 2.75) is 19.0 Å². The number of anilines is 1. The summed E-state index contributed by atoms with van der Waals surface area (Å²) >= 11 is 0. The first-order valence-corrected chi connectivity index (χ1v) is 6.09. The summed E-state index contributed by atoms with van der Waals surface area (Å²) in [7, 11) is 0. The quantitative estimate of drug-likeness (QED) is 0.745. The smallest absolute Gasteiger partial charge is 0.338 e. The van der Waals surface area contributed by atoms with Crippen molar-refractivity contribution < 1.29 is 18.0 Å². The van der Waals surface area contributed by atoms with Gasteiger partial charge in [-0.15, -0.1) is 5.10 Å². The van der Waals surface area contributed by atoms with Crippen molar-refractivity contribution in [3.8, 4) is 0 Å². The van der Waals surface area contributed by atoms with E-state index in [2.05, 4.69) is 26.0 Å². The zero-order valence-corrected chi connectivity index (χ0v) is 10.4. The maximum atomic E-state index is 12.8. The molecule has 0 fully saturated rings. The Kier molecular flexibility index (Phi) is 4.26. The molecule has 2 atom stereocenters. The van der Waals surface area contributed by atoms with Crippen LogP contribution in [0.15, 0.2) is 18.3 Å². The number of allylic oxidation sites excluding steroid dienone is 2. The van der Waals surface area contributed by atoms with Crippen LogP contribution in [0.1, 0.15) is 12.8 Å². The fourth-order valence-corrected chi connectivity index (χ4v) is 2.14. The molecule has 110 valence electrons. The molecule has 20 heavy (non-hydrogen) atoms. The summed E-state index contributed by atoms with van der Waals surface area (Å²) in [5.41, 5.74) is 0. The lowest BCUT2D eigenvalue weighted by Gasteiger charge is -2.30. The fraction of sp³-hybridized carbons (Fsp3) is 0.545. The molecule has 2 amide bonds. The number of H-pyrrole nitrogens is 1. The van der Waals surface area contributed by atoms with E-state index in [9.17, 15) is 18.0 Å². The summed E-state index contributed by atoms with van der Waals surface area (Å²) in [6.07, 6.45) is 0.546. The molecule has 0 unspecified atom stereocenters. The van der Waals surface area contributed by atoms with Gasteiger partial charge in [0.15, 0.2) is 5.82 Å². The van der Waals surface area contributed by atoms with E-state index in [-0.39, 0.29) is 18.8 Å². The van der Waals surface area contributed by atoms with Crippen LogP contribution >= 0.6 is 0 Å². The SMILES string of the molecule is O=C(NC[C@@H]1CC=CC[C@H]1C(F)(F)F)Nc1cn[nH]n1. The third-order valence-electron chi connectivity index (χ3n) is 3.17. The van der Waals surface area contributed by atoms with E-state index in [1.807, 2.05) is 0 Å². The van der Waals surface area contributed by atoms with Gasteiger partial charge in [0.1, 0.15) is 0 Å². The number of nitrogens with zero attached hydrogens (tertiary/aromatic N) is 2. The van der Waals surface area contributed by atoms with Gasteiger partial charge in [0, 0.05) is 6.54 Å². The molecule has 0 spiro atoms. The lowest BCUT2D eigenvalue weighted by molar-refractivity contribution is -0.188. The van der Waals surface area contributed by atoms with Crippen LogP contribution in [-0.4, -0.2) is 34.2 Å². The number of amides is 2. The molecule has 0 bridgehead atoms. The molecular weight excluding hydrogens is 275 g/mol. The number of rotatable bonds is 3. The summed E-state index contributed by atoms with van der Waals surface area (Å²) in [6, 6.07) is -0.602. The molecule has 1 heterocycles. The molecule has 3 N–H and O–H groups in total. The fourth-order valence-electron chi connectivity index (χ4n) is 2.14. The van der Waals surface area contributed by atoms with Crippen LogP contribution in [0.4, 0.5) is 23.8 Å². The highest BCUT2D eigenvalue weighted by Gasteiger charge is 2.44. The number of carbonyl (C=O) groups is 1. The number of hydrogen-bond acceptors (Lipinski definition) is 3. The highest BCUT2D eigenvalue weighted by atomic mass is 19.4. The minimum absolute atomic E-state index is 0.0409. The summed E-state index contributed by atoms with van der Waals surface area (Å²) in [5.74, 6) is -1.86. The molecule has 0 saturated carbocycles. The van der Waals surface area contributed by atoms with Crippen molar-refractivity contribution in [1.29, 1.82) is 0 Å². The van der Waals surface area contributed by atoms with Crippen LogP contribution < -0.4 is 10.6 Å². The van der Waals surface area contributed by atoms with E-state index in [4.69, 9.17) is 0 Å². The predicted octanol–water partition coefficient (Wildman–Crippen LogP) is 2.07. The Hall–Kier alpha value is -2.06. The third kappa shape index (κ3) is 3.72. The van der Waals surface area contributed by atoms with Crippen LogP contribution in [0.5, 0.6) is 0 Å². The first kappa shape index (κ1) is 14.4. The first-order valence-electron chi connectivity index (χ1n) is 6.09. The first-order chi connectivity index (χ1) is 9.47. The van der Waals surface area contributed by atoms with Crippen molar-refractivity contribution >= 4 is 11.8 Å². The van der Waals surface area contributed by atoms with Crippen LogP contribution in [0.2, 0.25) is 0 Å². The van der Waals surface area contributed by atoms with Gasteiger partial charge < -0.3 is 5.32 Å². The molecule has 6 nitrogen and oxygen atoms in total. The van der Waals surface area contributed by atoms with Gasteiger partial charge in [-0.3, -0.25) is 5.32 Å². The molecule has 0 saturated heterocycles. The van der Waals surface area contributed by atoms with Crippen LogP contribution in [0.3, 0.4) is 0 Å². The molecule has 1 aromatic rings. The molecule has 9 heteroatoms. The molecule has 1 aromatic heterocycles. The highest BCUT2D eigenvalue weighted by molar-refractivity contribution is 5.87. The minimum Gasteiger partial charge on any atom is -0.338 e. The molecule has 1 aliphatic carbocycles. The van der Waals surface area contributed by atoms with Crippen molar-refractivity contribution in [3.63, 3.8) is 0 Å². The summed E-state index contributed by atoms with van der Waals surface area (Å²) < 4.78 is 38.5. The average molecular weight is 289 g/mol. The Morgan fingerprint density at radius 2 is 2.15 bits per heavy atom. The second kappa shape index (κ2) is 5.93. The molecule has 0 aliphatic heterocycles. The summed E-state index contributed by atoms with van der Waals surface area (Å²) in [6.45, 7) is -0.0435. The average Bonchev–Trinajstić information content (AvgIpc) is 2.88. The zero-order valence-electron chi connectivity index (χ0n) is 10.4. The maximum Gasteiger partial charge on any atom is 0.392 e. The van der Waals surface area contributed by atoms with Crippen LogP contribution in [0.25, 0.3) is 0 Å². The highest BCUT2D eigenvalue weighted by Crippen LogP contribution is 2.38. The van der Waals surface area contributed by atoms with Gasteiger partial charge in [-0.25, -0.2) is 4.79 Å². The predicted molar refractivity (Wildman–Crippen MR) is 64.8 cm³/mol. The van der Waals surface area contributed by atoms with Crippen LogP contribution in [-0.2, 0) is 0 Å². The monoisotopic (exact) mass is 289 g/mol. The Bertz CT molecular complexity index is 471. The van der Waals surface area contributed by atoms with Crippen molar-refractivity contribution in [1.82, 2.24) is 20.7 Å². The second-order valence-corrected chi connectivity index (χ2v) is 4.54. The molecule has 0 radical (unpaired) electrons. The number of aromatic amines is 1. The molecule has 2 rings (SSSR count). The zero-order chi connectivity index (χ0) is 14.6. The summed E-state index contributed by atoms with van der Waals surface area (Å²) in [4.78, 5) is 11.5. The Morgan fingerprint density at radius 3 is 2.80 bits per heavy atom. The Morgan fingerprint density at radius 1 is 1.40 bits per heavy atom. The van der Waals surface area contributed by atoms with Gasteiger partial charge in [0.05, 0.1) is 12.1 Å². The largest absolute Gasteiger partial charge is 0.392 e. The summed E-state index contributed by atoms with van der Waals surface area (Å²) in [5, 5.41) is 14.2. The number of aromatic nitrogens is 3. The van der Waals surface area contributed by atoms with Gasteiger partial charge in [0.2, 0.25) is 0 Å². The van der Waals surface area contributed by atoms with E-state index in [1.165, 1.54) is 12.3 Å². The number of urea groups is 1. The van der Waals surface area contributed by atoms with Crippen molar-refractivity contribution in [2.24, 2.45) is 11.8 Å². The Labute approximate surface area is 112 Å². The maximum absolute atomic E-state index is 12.8. The minimum atomic E-state index is -4.25. The van der Waals surface area contributed by atoms with Gasteiger partial charge >= 0.3 is 12.2 Å². The number of alkyl halides is 3. The normalized spacial score (nSPS) is 22.6. The lowest BCUT2D eigenvalue weighted by Crippen LogP contribution is -2.40. The van der Waals surface area contributed by atoms with E-state index in [0.29, 0.717) is 6.42 Å². The standard InChI is InChI=1S/C11H14F3N5O/c12-11(13,14)8-4-2-1-3-7(8)5-15-10(20)17-9-6-16-19-18-9/h1-2,6-8H,3-5H2,(H3,15,16,17,18,19,20)/t7-,8+/m0/s1. The van der Waals surface area contributed by atoms with E-state index >= 15 is 0 Å². The van der Waals surface area contributed by atoms with Crippen LogP contribution in [0, 0.1) is 11.8 Å². The Balaban J connectivity index is 1.85. The van der Waals surface area contributed by atoms with Crippen molar-refractivity contribution in [2.75, 3.05) is 11.9 Å². The van der Waals surface area contributed by atoms with E-state index in [0.717, 1.165) is 0 Å². The van der Waals surface area contributed by atoms with Gasteiger partial charge in [-0.1, -0.05) is 12.2 Å². The third-order valence-corrected chi connectivity index (χ3v) is 3.17. The van der Waals surface area contributed by atoms with E-state index < -0.39 is 24.0 Å². The molecular formula is C11H14F3N5O. The number of carbonyl (C=O) groups excluding carboxylic acids is 1. The molecule has 0 aromatic carbocycles. The number of hydrogen-bond donors (Lipinski definition) is 3. The van der Waals surface area contributed by atoms with E-state index in [1.54, 1.807) is 6.08 Å². The van der Waals surface area contributed by atoms with Gasteiger partial charge in [-0.05, 0) is 18.8 Å². The number of halogens is 3. The van der Waals surface area contributed by atoms with Gasteiger partial charge in [-0.2, -0.15) is 23.5 Å². The lowest BCUT2D eigenvalue weighted by atomic mass is 9.82. The second-order valence-electron chi connectivity index (χ2n) is 4.54. The van der Waals surface area contributed by atoms with Crippen molar-refractivity contribution in [3.05, 3.63) is 18.3 Å². The number of nitrogens with one attached hydrogen (secondary N) is 3. The topological polar surface area (TPSA) is 82.7 Å².